The molecule has 0 aromatic heterocycles. The number of benzene rings is 2. The van der Waals surface area contributed by atoms with Gasteiger partial charge in [0.15, 0.2) is 0 Å². The zero-order valence-corrected chi connectivity index (χ0v) is 16.1. The molecule has 0 bridgehead atoms. The number of alkyl halides is 3. The van der Waals surface area contributed by atoms with E-state index in [1.165, 1.54) is 12.1 Å². The number of ether oxygens (including phenoxy) is 1. The van der Waals surface area contributed by atoms with Crippen LogP contribution in [0.1, 0.15) is 35.2 Å². The lowest BCUT2D eigenvalue weighted by Crippen LogP contribution is -2.24. The van der Waals surface area contributed by atoms with Gasteiger partial charge in [0.05, 0.1) is 5.56 Å². The van der Waals surface area contributed by atoms with E-state index in [2.05, 4.69) is 10.6 Å². The van der Waals surface area contributed by atoms with Gasteiger partial charge >= 0.3 is 6.18 Å². The van der Waals surface area contributed by atoms with Crippen LogP contribution in [0.4, 0.5) is 24.5 Å². The van der Waals surface area contributed by atoms with E-state index in [1.807, 2.05) is 0 Å². The van der Waals surface area contributed by atoms with Crippen LogP contribution in [0.15, 0.2) is 48.5 Å². The first kappa shape index (κ1) is 20.4. The monoisotopic (exact) mass is 418 g/mol. The second-order valence-electron chi connectivity index (χ2n) is 7.83. The molecule has 30 heavy (non-hydrogen) atoms. The van der Waals surface area contributed by atoms with Gasteiger partial charge in [0.1, 0.15) is 0 Å². The minimum Gasteiger partial charge on any atom is -0.381 e. The molecule has 4 rings (SSSR count). The smallest absolute Gasteiger partial charge is 0.381 e. The third-order valence-corrected chi connectivity index (χ3v) is 5.83. The fourth-order valence-electron chi connectivity index (χ4n) is 3.99. The number of anilines is 2. The Hall–Kier alpha value is -2.87. The van der Waals surface area contributed by atoms with E-state index in [0.29, 0.717) is 24.6 Å². The molecule has 2 aromatic carbocycles. The fourth-order valence-corrected chi connectivity index (χ4v) is 3.99. The van der Waals surface area contributed by atoms with Crippen LogP contribution in [0, 0.1) is 11.3 Å². The highest BCUT2D eigenvalue weighted by atomic mass is 19.4. The Bertz CT molecular complexity index is 968. The van der Waals surface area contributed by atoms with Crippen LogP contribution in [0.3, 0.4) is 0 Å². The summed E-state index contributed by atoms with van der Waals surface area (Å²) in [7, 11) is 0. The predicted molar refractivity (Wildman–Crippen MR) is 105 cm³/mol. The maximum absolute atomic E-state index is 12.9. The van der Waals surface area contributed by atoms with Crippen molar-refractivity contribution in [2.24, 2.45) is 11.3 Å². The quantitative estimate of drug-likeness (QED) is 0.756. The van der Waals surface area contributed by atoms with Crippen molar-refractivity contribution in [1.82, 2.24) is 0 Å². The van der Waals surface area contributed by atoms with Crippen molar-refractivity contribution in [2.75, 3.05) is 23.8 Å². The summed E-state index contributed by atoms with van der Waals surface area (Å²) in [6.45, 7) is 1.36. The van der Waals surface area contributed by atoms with E-state index in [9.17, 15) is 22.8 Å². The van der Waals surface area contributed by atoms with Crippen molar-refractivity contribution < 1.29 is 27.5 Å². The topological polar surface area (TPSA) is 67.4 Å². The molecule has 5 nitrogen and oxygen atoms in total. The molecule has 1 atom stereocenters. The number of carbonyl (C=O) groups is 2. The highest BCUT2D eigenvalue weighted by Crippen LogP contribution is 2.59. The highest BCUT2D eigenvalue weighted by Gasteiger charge is 2.57. The average molecular weight is 418 g/mol. The SMILES string of the molecule is O=C(Nc1cccc(NC(=O)C2CC23CCOCC3)c1)c1cccc(C(F)(F)F)c1. The Morgan fingerprint density at radius 3 is 2.33 bits per heavy atom. The Morgan fingerprint density at radius 2 is 1.63 bits per heavy atom. The first-order valence-electron chi connectivity index (χ1n) is 9.74. The summed E-state index contributed by atoms with van der Waals surface area (Å²) in [5, 5.41) is 5.46. The molecule has 158 valence electrons. The van der Waals surface area contributed by atoms with E-state index >= 15 is 0 Å². The van der Waals surface area contributed by atoms with Gasteiger partial charge in [0, 0.05) is 36.1 Å². The molecule has 8 heteroatoms. The molecule has 1 aliphatic carbocycles. The fraction of sp³-hybridized carbons (Fsp3) is 0.364. The van der Waals surface area contributed by atoms with Gasteiger partial charge in [-0.15, -0.1) is 0 Å². The molecular weight excluding hydrogens is 397 g/mol. The molecule has 1 saturated heterocycles. The van der Waals surface area contributed by atoms with Crippen molar-refractivity contribution in [3.63, 3.8) is 0 Å². The summed E-state index contributed by atoms with van der Waals surface area (Å²) in [5.41, 5.74) is -0.0263. The first-order chi connectivity index (χ1) is 14.3. The van der Waals surface area contributed by atoms with Crippen molar-refractivity contribution in [3.05, 3.63) is 59.7 Å². The molecule has 1 saturated carbocycles. The minimum atomic E-state index is -4.52. The molecule has 1 aliphatic heterocycles. The van der Waals surface area contributed by atoms with Crippen LogP contribution in [-0.4, -0.2) is 25.0 Å². The Balaban J connectivity index is 1.40. The van der Waals surface area contributed by atoms with Crippen molar-refractivity contribution in [3.8, 4) is 0 Å². The standard InChI is InChI=1S/C22H21F3N2O3/c23-22(24,25)15-4-1-3-14(11-15)19(28)26-16-5-2-6-17(12-16)27-20(29)18-13-21(18)7-9-30-10-8-21/h1-6,11-12,18H,7-10,13H2,(H,26,28)(H,27,29). The van der Waals surface area contributed by atoms with Crippen molar-refractivity contribution in [1.29, 1.82) is 0 Å². The maximum Gasteiger partial charge on any atom is 0.416 e. The predicted octanol–water partition coefficient (Wildman–Crippen LogP) is 4.71. The molecule has 0 radical (unpaired) electrons. The first-order valence-corrected chi connectivity index (χ1v) is 9.74. The Morgan fingerprint density at radius 1 is 0.967 bits per heavy atom. The normalized spacial score (nSPS) is 19.9. The zero-order chi connectivity index (χ0) is 21.4. The van der Waals surface area contributed by atoms with Crippen LogP contribution in [-0.2, 0) is 15.7 Å². The Kier molecular flexibility index (Phi) is 5.27. The number of nitrogens with one attached hydrogen (secondary N) is 2. The second kappa shape index (κ2) is 7.75. The summed E-state index contributed by atoms with van der Waals surface area (Å²) in [5.74, 6) is -0.754. The van der Waals surface area contributed by atoms with E-state index in [-0.39, 0.29) is 22.8 Å². The van der Waals surface area contributed by atoms with E-state index in [0.717, 1.165) is 31.4 Å². The number of halogens is 3. The number of amides is 2. The van der Waals surface area contributed by atoms with E-state index in [1.54, 1.807) is 24.3 Å². The third kappa shape index (κ3) is 4.33. The Labute approximate surface area is 171 Å². The minimum absolute atomic E-state index is 0.0373. The van der Waals surface area contributed by atoms with Gasteiger partial charge in [0.2, 0.25) is 5.91 Å². The largest absolute Gasteiger partial charge is 0.416 e. The highest BCUT2D eigenvalue weighted by molar-refractivity contribution is 6.05. The molecule has 1 unspecified atom stereocenters. The summed E-state index contributed by atoms with van der Waals surface area (Å²) in [4.78, 5) is 25.0. The van der Waals surface area contributed by atoms with Crippen LogP contribution >= 0.6 is 0 Å². The molecule has 1 heterocycles. The zero-order valence-electron chi connectivity index (χ0n) is 16.1. The van der Waals surface area contributed by atoms with Crippen LogP contribution in [0.25, 0.3) is 0 Å². The summed E-state index contributed by atoms with van der Waals surface area (Å²) < 4.78 is 43.9. The van der Waals surface area contributed by atoms with Gasteiger partial charge in [-0.25, -0.2) is 0 Å². The average Bonchev–Trinajstić information content (AvgIpc) is 3.41. The lowest BCUT2D eigenvalue weighted by atomic mass is 9.93. The second-order valence-corrected chi connectivity index (χ2v) is 7.83. The van der Waals surface area contributed by atoms with Crippen molar-refractivity contribution in [2.45, 2.75) is 25.4 Å². The van der Waals surface area contributed by atoms with E-state index in [4.69, 9.17) is 4.74 Å². The van der Waals surface area contributed by atoms with Gasteiger partial charge in [-0.05, 0) is 61.1 Å². The molecule has 2 fully saturated rings. The molecule has 2 N–H and O–H groups in total. The lowest BCUT2D eigenvalue weighted by Gasteiger charge is -2.22. The molecule has 2 aromatic rings. The summed E-state index contributed by atoms with van der Waals surface area (Å²) in [6.07, 6.45) is -1.89. The maximum atomic E-state index is 12.9. The number of rotatable bonds is 4. The third-order valence-electron chi connectivity index (χ3n) is 5.83. The summed E-state index contributed by atoms with van der Waals surface area (Å²) >= 11 is 0. The number of hydrogen-bond donors (Lipinski definition) is 2. The van der Waals surface area contributed by atoms with E-state index < -0.39 is 17.6 Å². The molecule has 1 spiro atoms. The van der Waals surface area contributed by atoms with Gasteiger partial charge in [-0.3, -0.25) is 9.59 Å². The van der Waals surface area contributed by atoms with Crippen LogP contribution in [0.2, 0.25) is 0 Å². The molecule has 2 aliphatic rings. The van der Waals surface area contributed by atoms with Gasteiger partial charge in [0.25, 0.3) is 5.91 Å². The van der Waals surface area contributed by atoms with Gasteiger partial charge < -0.3 is 15.4 Å². The van der Waals surface area contributed by atoms with Gasteiger partial charge in [-0.1, -0.05) is 12.1 Å². The van der Waals surface area contributed by atoms with Crippen LogP contribution in [0.5, 0.6) is 0 Å². The van der Waals surface area contributed by atoms with Crippen LogP contribution < -0.4 is 10.6 Å². The molecular formula is C22H21F3N2O3. The number of carbonyl (C=O) groups excluding carboxylic acids is 2. The molecule has 2 amide bonds. The van der Waals surface area contributed by atoms with Crippen molar-refractivity contribution >= 4 is 23.2 Å². The number of hydrogen-bond acceptors (Lipinski definition) is 3. The summed E-state index contributed by atoms with van der Waals surface area (Å²) in [6, 6.07) is 10.8. The lowest BCUT2D eigenvalue weighted by molar-refractivity contribution is -0.137. The van der Waals surface area contributed by atoms with Gasteiger partial charge in [-0.2, -0.15) is 13.2 Å².